The first-order valence-electron chi connectivity index (χ1n) is 4.85. The lowest BCUT2D eigenvalue weighted by molar-refractivity contribution is -0.145. The van der Waals surface area contributed by atoms with E-state index in [1.165, 1.54) is 20.1 Å². The van der Waals surface area contributed by atoms with Crippen molar-refractivity contribution in [3.05, 3.63) is 29.3 Å². The highest BCUT2D eigenvalue weighted by molar-refractivity contribution is 6.03. The van der Waals surface area contributed by atoms with Gasteiger partial charge >= 0.3 is 5.97 Å². The van der Waals surface area contributed by atoms with Gasteiger partial charge in [-0.05, 0) is 31.0 Å². The minimum Gasteiger partial charge on any atom is -0.508 e. The summed E-state index contributed by atoms with van der Waals surface area (Å²) in [6.45, 7) is 3.04. The topological polar surface area (TPSA) is 63.6 Å². The first-order valence-corrected chi connectivity index (χ1v) is 4.85. The number of phenolic OH excluding ortho intramolecular Hbond substituents is 1. The molecule has 0 spiro atoms. The van der Waals surface area contributed by atoms with Crippen LogP contribution in [0, 0.1) is 6.92 Å². The molecule has 1 rings (SSSR count). The van der Waals surface area contributed by atoms with Crippen molar-refractivity contribution in [2.24, 2.45) is 0 Å². The summed E-state index contributed by atoms with van der Waals surface area (Å²) in [5.74, 6) is -1.64. The van der Waals surface area contributed by atoms with E-state index in [2.05, 4.69) is 4.74 Å². The number of ether oxygens (including phenoxy) is 1. The molecule has 0 saturated heterocycles. The van der Waals surface area contributed by atoms with E-state index in [1.54, 1.807) is 19.1 Å². The van der Waals surface area contributed by atoms with E-state index in [9.17, 15) is 14.7 Å². The van der Waals surface area contributed by atoms with Crippen LogP contribution in [0.5, 0.6) is 5.75 Å². The minimum absolute atomic E-state index is 0.135. The number of benzene rings is 1. The fourth-order valence-corrected chi connectivity index (χ4v) is 1.51. The molecule has 0 aliphatic rings. The standard InChI is InChI=1S/C12H14O4/c1-7-6-9(4-5-10(7)14)11(8(2)13)12(15)16-3/h4-6,11,14H,1-3H3. The van der Waals surface area contributed by atoms with Gasteiger partial charge < -0.3 is 9.84 Å². The van der Waals surface area contributed by atoms with Crippen LogP contribution in [0.2, 0.25) is 0 Å². The number of aromatic hydroxyl groups is 1. The van der Waals surface area contributed by atoms with Gasteiger partial charge in [-0.1, -0.05) is 12.1 Å². The van der Waals surface area contributed by atoms with Crippen LogP contribution in [0.15, 0.2) is 18.2 Å². The number of carbonyl (C=O) groups excluding carboxylic acids is 2. The molecule has 0 heterocycles. The van der Waals surface area contributed by atoms with Gasteiger partial charge in [-0.2, -0.15) is 0 Å². The Hall–Kier alpha value is -1.84. The number of esters is 1. The third-order valence-corrected chi connectivity index (χ3v) is 2.40. The van der Waals surface area contributed by atoms with Crippen molar-refractivity contribution in [2.75, 3.05) is 7.11 Å². The second-order valence-corrected chi connectivity index (χ2v) is 3.61. The maximum absolute atomic E-state index is 11.4. The number of hydrogen-bond donors (Lipinski definition) is 1. The molecule has 0 radical (unpaired) electrons. The first kappa shape index (κ1) is 12.2. The number of ketones is 1. The number of carbonyl (C=O) groups is 2. The molecule has 4 heteroatoms. The second kappa shape index (κ2) is 4.79. The lowest BCUT2D eigenvalue weighted by Crippen LogP contribution is -2.21. The molecule has 1 aromatic rings. The van der Waals surface area contributed by atoms with Gasteiger partial charge in [0.05, 0.1) is 7.11 Å². The molecule has 0 amide bonds. The molecule has 0 saturated carbocycles. The highest BCUT2D eigenvalue weighted by Gasteiger charge is 2.26. The molecule has 86 valence electrons. The largest absolute Gasteiger partial charge is 0.508 e. The predicted molar refractivity (Wildman–Crippen MR) is 58.3 cm³/mol. The Bertz CT molecular complexity index is 423. The Balaban J connectivity index is 3.16. The Labute approximate surface area is 93.9 Å². The summed E-state index contributed by atoms with van der Waals surface area (Å²) < 4.78 is 4.58. The molecule has 1 N–H and O–H groups in total. The minimum atomic E-state index is -0.913. The predicted octanol–water partition coefficient (Wildman–Crippen LogP) is 1.55. The zero-order valence-corrected chi connectivity index (χ0v) is 9.48. The molecule has 1 aromatic carbocycles. The van der Waals surface area contributed by atoms with Crippen molar-refractivity contribution >= 4 is 11.8 Å². The van der Waals surface area contributed by atoms with Gasteiger partial charge in [-0.3, -0.25) is 9.59 Å². The van der Waals surface area contributed by atoms with Crippen molar-refractivity contribution in [1.82, 2.24) is 0 Å². The molecule has 0 aromatic heterocycles. The third kappa shape index (κ3) is 2.39. The molecule has 0 bridgehead atoms. The summed E-state index contributed by atoms with van der Waals surface area (Å²) in [7, 11) is 1.24. The maximum Gasteiger partial charge on any atom is 0.320 e. The van der Waals surface area contributed by atoms with Crippen LogP contribution in [0.1, 0.15) is 24.0 Å². The van der Waals surface area contributed by atoms with E-state index in [4.69, 9.17) is 0 Å². The van der Waals surface area contributed by atoms with Gasteiger partial charge in [0.2, 0.25) is 0 Å². The molecule has 1 unspecified atom stereocenters. The number of methoxy groups -OCH3 is 1. The second-order valence-electron chi connectivity index (χ2n) is 3.61. The molecular formula is C12H14O4. The van der Waals surface area contributed by atoms with E-state index in [0.717, 1.165) is 0 Å². The van der Waals surface area contributed by atoms with Crippen LogP contribution in [-0.2, 0) is 14.3 Å². The monoisotopic (exact) mass is 222 g/mol. The Morgan fingerprint density at radius 2 is 2.00 bits per heavy atom. The Kier molecular flexibility index (Phi) is 3.66. The average molecular weight is 222 g/mol. The fourth-order valence-electron chi connectivity index (χ4n) is 1.51. The summed E-state index contributed by atoms with van der Waals surface area (Å²) >= 11 is 0. The van der Waals surface area contributed by atoms with Crippen LogP contribution in [0.4, 0.5) is 0 Å². The van der Waals surface area contributed by atoms with Crippen molar-refractivity contribution in [3.8, 4) is 5.75 Å². The lowest BCUT2D eigenvalue weighted by Gasteiger charge is -2.12. The lowest BCUT2D eigenvalue weighted by atomic mass is 9.94. The van der Waals surface area contributed by atoms with Crippen molar-refractivity contribution in [2.45, 2.75) is 19.8 Å². The van der Waals surface area contributed by atoms with Gasteiger partial charge in [0, 0.05) is 0 Å². The number of hydrogen-bond acceptors (Lipinski definition) is 4. The van der Waals surface area contributed by atoms with Gasteiger partial charge in [0.25, 0.3) is 0 Å². The molecular weight excluding hydrogens is 208 g/mol. The van der Waals surface area contributed by atoms with E-state index in [0.29, 0.717) is 11.1 Å². The molecule has 0 aliphatic carbocycles. The normalized spacial score (nSPS) is 11.9. The molecule has 4 nitrogen and oxygen atoms in total. The highest BCUT2D eigenvalue weighted by atomic mass is 16.5. The average Bonchev–Trinajstić information content (AvgIpc) is 2.22. The smallest absolute Gasteiger partial charge is 0.320 e. The van der Waals surface area contributed by atoms with Crippen LogP contribution >= 0.6 is 0 Å². The van der Waals surface area contributed by atoms with Crippen LogP contribution in [0.3, 0.4) is 0 Å². The number of rotatable bonds is 3. The maximum atomic E-state index is 11.4. The van der Waals surface area contributed by atoms with Crippen molar-refractivity contribution < 1.29 is 19.4 Å². The quantitative estimate of drug-likeness (QED) is 0.622. The Morgan fingerprint density at radius 1 is 1.38 bits per heavy atom. The van der Waals surface area contributed by atoms with Crippen molar-refractivity contribution in [3.63, 3.8) is 0 Å². The molecule has 16 heavy (non-hydrogen) atoms. The van der Waals surface area contributed by atoms with Gasteiger partial charge in [0.15, 0.2) is 0 Å². The number of Topliss-reactive ketones (excluding diaryl/α,β-unsaturated/α-hetero) is 1. The van der Waals surface area contributed by atoms with E-state index in [-0.39, 0.29) is 11.5 Å². The van der Waals surface area contributed by atoms with Gasteiger partial charge in [0.1, 0.15) is 17.5 Å². The van der Waals surface area contributed by atoms with Crippen LogP contribution < -0.4 is 0 Å². The number of phenols is 1. The Morgan fingerprint density at radius 3 is 2.44 bits per heavy atom. The summed E-state index contributed by atoms with van der Waals surface area (Å²) in [5, 5.41) is 9.36. The van der Waals surface area contributed by atoms with E-state index in [1.807, 2.05) is 0 Å². The zero-order chi connectivity index (χ0) is 12.3. The van der Waals surface area contributed by atoms with Crippen molar-refractivity contribution in [1.29, 1.82) is 0 Å². The molecule has 0 aliphatic heterocycles. The van der Waals surface area contributed by atoms with E-state index < -0.39 is 11.9 Å². The summed E-state index contributed by atoms with van der Waals surface area (Å²) in [6, 6.07) is 4.62. The van der Waals surface area contributed by atoms with Crippen LogP contribution in [-0.4, -0.2) is 24.0 Å². The molecule has 0 fully saturated rings. The zero-order valence-electron chi connectivity index (χ0n) is 9.48. The SMILES string of the molecule is COC(=O)C(C(C)=O)c1ccc(O)c(C)c1. The molecule has 1 atom stereocenters. The van der Waals surface area contributed by atoms with Gasteiger partial charge in [-0.15, -0.1) is 0 Å². The van der Waals surface area contributed by atoms with Gasteiger partial charge in [-0.25, -0.2) is 0 Å². The number of aryl methyl sites for hydroxylation is 1. The summed E-state index contributed by atoms with van der Waals surface area (Å²) in [4.78, 5) is 22.8. The summed E-state index contributed by atoms with van der Waals surface area (Å²) in [6.07, 6.45) is 0. The van der Waals surface area contributed by atoms with E-state index >= 15 is 0 Å². The first-order chi connectivity index (χ1) is 7.47. The van der Waals surface area contributed by atoms with Crippen LogP contribution in [0.25, 0.3) is 0 Å². The highest BCUT2D eigenvalue weighted by Crippen LogP contribution is 2.24. The summed E-state index contributed by atoms with van der Waals surface area (Å²) in [5.41, 5.74) is 1.15. The third-order valence-electron chi connectivity index (χ3n) is 2.40. The fraction of sp³-hybridized carbons (Fsp3) is 0.333.